The largest absolute Gasteiger partial charge is 0.392 e. The van der Waals surface area contributed by atoms with Crippen LogP contribution >= 0.6 is 0 Å². The Morgan fingerprint density at radius 2 is 1.46 bits per heavy atom. The molecule has 0 saturated heterocycles. The maximum atomic E-state index is 12.8. The molecule has 0 unspecified atom stereocenters. The summed E-state index contributed by atoms with van der Waals surface area (Å²) in [6, 6.07) is 19.8. The second kappa shape index (κ2) is 7.62. The van der Waals surface area contributed by atoms with Crippen LogP contribution < -0.4 is 5.69 Å². The van der Waals surface area contributed by atoms with Gasteiger partial charge in [-0.05, 0) is 17.2 Å². The van der Waals surface area contributed by atoms with E-state index in [9.17, 15) is 4.79 Å². The molecule has 0 saturated carbocycles. The zero-order valence-electron chi connectivity index (χ0n) is 13.4. The van der Waals surface area contributed by atoms with Gasteiger partial charge in [0.25, 0.3) is 0 Å². The first-order valence-corrected chi connectivity index (χ1v) is 7.93. The molecule has 24 heavy (non-hydrogen) atoms. The van der Waals surface area contributed by atoms with Crippen molar-refractivity contribution in [2.24, 2.45) is 0 Å². The van der Waals surface area contributed by atoms with Gasteiger partial charge in [-0.1, -0.05) is 66.7 Å². The summed E-state index contributed by atoms with van der Waals surface area (Å²) in [5.41, 5.74) is 2.87. The minimum Gasteiger partial charge on any atom is -0.392 e. The zero-order chi connectivity index (χ0) is 16.8. The lowest BCUT2D eigenvalue weighted by Crippen LogP contribution is -2.25. The quantitative estimate of drug-likeness (QED) is 0.759. The van der Waals surface area contributed by atoms with Gasteiger partial charge in [0.05, 0.1) is 25.4 Å². The maximum Gasteiger partial charge on any atom is 0.329 e. The number of hydrogen-bond donors (Lipinski definition) is 1. The van der Waals surface area contributed by atoms with Crippen LogP contribution in [0.3, 0.4) is 0 Å². The Morgan fingerprint density at radius 3 is 2.04 bits per heavy atom. The molecule has 3 aromatic rings. The smallest absolute Gasteiger partial charge is 0.329 e. The summed E-state index contributed by atoms with van der Waals surface area (Å²) >= 11 is 0. The molecule has 0 aliphatic rings. The first kappa shape index (κ1) is 16.0. The second-order valence-corrected chi connectivity index (χ2v) is 5.61. The van der Waals surface area contributed by atoms with Gasteiger partial charge >= 0.3 is 5.69 Å². The van der Waals surface area contributed by atoms with Crippen LogP contribution in [0.15, 0.2) is 77.7 Å². The van der Waals surface area contributed by atoms with Gasteiger partial charge in [-0.3, -0.25) is 9.13 Å². The lowest BCUT2D eigenvalue weighted by Gasteiger charge is -2.05. The molecule has 1 N–H and O–H groups in total. The van der Waals surface area contributed by atoms with Crippen molar-refractivity contribution in [3.8, 4) is 0 Å². The van der Waals surface area contributed by atoms with Crippen LogP contribution in [-0.2, 0) is 13.1 Å². The maximum absolute atomic E-state index is 12.8. The van der Waals surface area contributed by atoms with Gasteiger partial charge in [0.1, 0.15) is 0 Å². The number of nitrogens with zero attached hydrogens (tertiary/aromatic N) is 2. The van der Waals surface area contributed by atoms with Crippen molar-refractivity contribution in [1.82, 2.24) is 9.13 Å². The molecule has 0 fully saturated rings. The minimum atomic E-state index is -0.0553. The monoisotopic (exact) mass is 320 g/mol. The van der Waals surface area contributed by atoms with Crippen LogP contribution in [0.25, 0.3) is 6.08 Å². The molecule has 0 bridgehead atoms. The fourth-order valence-corrected chi connectivity index (χ4v) is 2.67. The van der Waals surface area contributed by atoms with Crippen molar-refractivity contribution in [3.05, 3.63) is 100 Å². The van der Waals surface area contributed by atoms with E-state index in [1.165, 1.54) is 0 Å². The molecule has 0 atom stereocenters. The number of benzene rings is 2. The molecule has 1 heterocycles. The molecule has 0 amide bonds. The molecular weight excluding hydrogens is 300 g/mol. The van der Waals surface area contributed by atoms with Gasteiger partial charge < -0.3 is 5.11 Å². The first-order valence-electron chi connectivity index (χ1n) is 7.93. The second-order valence-electron chi connectivity index (χ2n) is 5.61. The van der Waals surface area contributed by atoms with Crippen LogP contribution in [-0.4, -0.2) is 20.8 Å². The summed E-state index contributed by atoms with van der Waals surface area (Å²) in [5.74, 6) is 0. The minimum absolute atomic E-state index is 0.0522. The van der Waals surface area contributed by atoms with Gasteiger partial charge in [-0.2, -0.15) is 0 Å². The topological polar surface area (TPSA) is 47.2 Å². The van der Waals surface area contributed by atoms with Gasteiger partial charge in [-0.25, -0.2) is 4.79 Å². The molecule has 1 aromatic heterocycles. The molecule has 122 valence electrons. The summed E-state index contributed by atoms with van der Waals surface area (Å²) in [6.45, 7) is 0.984. The van der Waals surface area contributed by atoms with E-state index in [0.29, 0.717) is 13.1 Å². The summed E-state index contributed by atoms with van der Waals surface area (Å²) in [7, 11) is 0. The van der Waals surface area contributed by atoms with E-state index in [1.807, 2.05) is 66.9 Å². The highest BCUT2D eigenvalue weighted by atomic mass is 16.2. The van der Waals surface area contributed by atoms with Crippen LogP contribution in [0.1, 0.15) is 16.8 Å². The highest BCUT2D eigenvalue weighted by Gasteiger charge is 2.10. The highest BCUT2D eigenvalue weighted by molar-refractivity contribution is 5.44. The number of imidazole rings is 1. The Balaban J connectivity index is 1.96. The predicted octanol–water partition coefficient (Wildman–Crippen LogP) is 2.75. The number of aliphatic hydroxyl groups is 1. The fraction of sp³-hybridized carbons (Fsp3) is 0.150. The normalized spacial score (nSPS) is 11.2. The fourth-order valence-electron chi connectivity index (χ4n) is 2.67. The van der Waals surface area contributed by atoms with Crippen LogP contribution in [0.4, 0.5) is 0 Å². The Bertz CT molecular complexity index is 862. The molecule has 4 nitrogen and oxygen atoms in total. The van der Waals surface area contributed by atoms with Crippen molar-refractivity contribution in [3.63, 3.8) is 0 Å². The molecular formula is C20H20N2O2. The Kier molecular flexibility index (Phi) is 5.08. The van der Waals surface area contributed by atoms with Crippen molar-refractivity contribution in [1.29, 1.82) is 0 Å². The van der Waals surface area contributed by atoms with Gasteiger partial charge in [0, 0.05) is 6.20 Å². The van der Waals surface area contributed by atoms with Gasteiger partial charge in [-0.15, -0.1) is 0 Å². The molecule has 0 aliphatic carbocycles. The van der Waals surface area contributed by atoms with E-state index in [1.54, 1.807) is 21.3 Å². The van der Waals surface area contributed by atoms with E-state index in [0.717, 1.165) is 16.8 Å². The summed E-state index contributed by atoms with van der Waals surface area (Å²) in [4.78, 5) is 12.8. The SMILES string of the molecule is O=c1n(Cc2ccccc2)cc(/C=C\CO)n1Cc1ccccc1. The van der Waals surface area contributed by atoms with E-state index < -0.39 is 0 Å². The molecule has 0 spiro atoms. The average Bonchev–Trinajstić information content (AvgIpc) is 2.91. The number of hydrogen-bond acceptors (Lipinski definition) is 2. The number of rotatable bonds is 6. The Morgan fingerprint density at radius 1 is 0.875 bits per heavy atom. The molecule has 3 rings (SSSR count). The van der Waals surface area contributed by atoms with E-state index in [4.69, 9.17) is 5.11 Å². The van der Waals surface area contributed by atoms with Crippen LogP contribution in [0.2, 0.25) is 0 Å². The van der Waals surface area contributed by atoms with E-state index in [-0.39, 0.29) is 12.3 Å². The standard InChI is InChI=1S/C20H20N2O2/c23-13-7-12-19-16-21(14-17-8-3-1-4-9-17)20(24)22(19)15-18-10-5-2-6-11-18/h1-12,16,23H,13-15H2/b12-7-. The van der Waals surface area contributed by atoms with Gasteiger partial charge in [0.15, 0.2) is 0 Å². The molecule has 2 aromatic carbocycles. The van der Waals surface area contributed by atoms with E-state index in [2.05, 4.69) is 0 Å². The van der Waals surface area contributed by atoms with Crippen molar-refractivity contribution in [2.75, 3.05) is 6.61 Å². The summed E-state index contributed by atoms with van der Waals surface area (Å²) in [6.07, 6.45) is 5.26. The predicted molar refractivity (Wildman–Crippen MR) is 95.9 cm³/mol. The highest BCUT2D eigenvalue weighted by Crippen LogP contribution is 2.09. The summed E-state index contributed by atoms with van der Waals surface area (Å²) in [5, 5.41) is 9.04. The van der Waals surface area contributed by atoms with Crippen molar-refractivity contribution in [2.45, 2.75) is 13.1 Å². The Labute approximate surface area is 140 Å². The Hall–Kier alpha value is -2.85. The summed E-state index contributed by atoms with van der Waals surface area (Å²) < 4.78 is 3.43. The van der Waals surface area contributed by atoms with Crippen molar-refractivity contribution < 1.29 is 5.11 Å². The van der Waals surface area contributed by atoms with E-state index >= 15 is 0 Å². The zero-order valence-corrected chi connectivity index (χ0v) is 13.4. The number of aromatic nitrogens is 2. The number of aliphatic hydroxyl groups excluding tert-OH is 1. The third-order valence-corrected chi connectivity index (χ3v) is 3.85. The molecule has 0 aliphatic heterocycles. The lowest BCUT2D eigenvalue weighted by molar-refractivity contribution is 0.343. The van der Waals surface area contributed by atoms with Crippen LogP contribution in [0, 0.1) is 0 Å². The third-order valence-electron chi connectivity index (χ3n) is 3.85. The third kappa shape index (κ3) is 3.73. The molecule has 0 radical (unpaired) electrons. The molecule has 4 heteroatoms. The van der Waals surface area contributed by atoms with Gasteiger partial charge in [0.2, 0.25) is 0 Å². The van der Waals surface area contributed by atoms with Crippen molar-refractivity contribution >= 4 is 6.08 Å². The first-order chi connectivity index (χ1) is 11.8. The average molecular weight is 320 g/mol. The lowest BCUT2D eigenvalue weighted by atomic mass is 10.2. The van der Waals surface area contributed by atoms with Crippen LogP contribution in [0.5, 0.6) is 0 Å².